The number of nitrogens with two attached hydrogens (primary N) is 1. The lowest BCUT2D eigenvalue weighted by Gasteiger charge is -2.19. The van der Waals surface area contributed by atoms with E-state index in [1.54, 1.807) is 0 Å². The van der Waals surface area contributed by atoms with Gasteiger partial charge in [0.25, 0.3) is 0 Å². The molecule has 0 spiro atoms. The van der Waals surface area contributed by atoms with E-state index < -0.39 is 0 Å². The summed E-state index contributed by atoms with van der Waals surface area (Å²) >= 11 is 0. The van der Waals surface area contributed by atoms with Gasteiger partial charge in [-0.2, -0.15) is 10.5 Å². The van der Waals surface area contributed by atoms with Crippen LogP contribution in [0.15, 0.2) is 84.9 Å². The SMILES string of the molecule is Cc1ccc(-c2cc(-c3ccccc3)c3c(-c4ccc(C)cc4)c(C#N)c(N)nc3c2C#N)cc1. The van der Waals surface area contributed by atoms with Crippen molar-refractivity contribution >= 4 is 16.7 Å². The van der Waals surface area contributed by atoms with Crippen molar-refractivity contribution < 1.29 is 0 Å². The number of aryl methyl sites for hydroxylation is 2. The molecule has 0 amide bonds. The molecule has 0 fully saturated rings. The summed E-state index contributed by atoms with van der Waals surface area (Å²) in [5.41, 5.74) is 15.0. The molecule has 4 nitrogen and oxygen atoms in total. The first-order valence-corrected chi connectivity index (χ1v) is 11.3. The van der Waals surface area contributed by atoms with E-state index in [0.29, 0.717) is 22.2 Å². The molecule has 0 radical (unpaired) electrons. The molecule has 35 heavy (non-hydrogen) atoms. The average Bonchev–Trinajstić information content (AvgIpc) is 2.88. The molecule has 5 aromatic rings. The van der Waals surface area contributed by atoms with E-state index in [1.165, 1.54) is 0 Å². The number of rotatable bonds is 3. The molecule has 2 N–H and O–H groups in total. The van der Waals surface area contributed by atoms with Gasteiger partial charge in [0, 0.05) is 16.5 Å². The summed E-state index contributed by atoms with van der Waals surface area (Å²) in [7, 11) is 0. The van der Waals surface area contributed by atoms with Crippen LogP contribution in [0.25, 0.3) is 44.3 Å². The molecule has 0 bridgehead atoms. The van der Waals surface area contributed by atoms with Crippen LogP contribution in [-0.2, 0) is 0 Å². The van der Waals surface area contributed by atoms with Gasteiger partial charge in [0.1, 0.15) is 23.5 Å². The van der Waals surface area contributed by atoms with E-state index in [1.807, 2.05) is 98.8 Å². The van der Waals surface area contributed by atoms with Crippen LogP contribution in [0.2, 0.25) is 0 Å². The van der Waals surface area contributed by atoms with Gasteiger partial charge in [-0.25, -0.2) is 4.98 Å². The summed E-state index contributed by atoms with van der Waals surface area (Å²) in [6.45, 7) is 4.05. The van der Waals surface area contributed by atoms with Crippen LogP contribution in [0.5, 0.6) is 0 Å². The lowest BCUT2D eigenvalue weighted by molar-refractivity contribution is 1.36. The first-order valence-electron chi connectivity index (χ1n) is 11.3. The monoisotopic (exact) mass is 450 g/mol. The van der Waals surface area contributed by atoms with Crippen molar-refractivity contribution in [1.29, 1.82) is 10.5 Å². The highest BCUT2D eigenvalue weighted by atomic mass is 14.8. The molecule has 0 aliphatic rings. The molecule has 0 aliphatic carbocycles. The van der Waals surface area contributed by atoms with Crippen LogP contribution in [0, 0.1) is 36.5 Å². The molecule has 0 aliphatic heterocycles. The highest BCUT2D eigenvalue weighted by Gasteiger charge is 2.23. The summed E-state index contributed by atoms with van der Waals surface area (Å²) in [5.74, 6) is 0.118. The van der Waals surface area contributed by atoms with Gasteiger partial charge < -0.3 is 5.73 Å². The van der Waals surface area contributed by atoms with Gasteiger partial charge in [0.15, 0.2) is 0 Å². The van der Waals surface area contributed by atoms with Crippen LogP contribution >= 0.6 is 0 Å². The Kier molecular flexibility index (Phi) is 5.49. The predicted molar refractivity (Wildman–Crippen MR) is 141 cm³/mol. The minimum atomic E-state index is 0.118. The fraction of sp³-hybridized carbons (Fsp3) is 0.0645. The zero-order chi connectivity index (χ0) is 24.5. The van der Waals surface area contributed by atoms with Crippen molar-refractivity contribution in [2.75, 3.05) is 5.73 Å². The maximum atomic E-state index is 10.3. The standard InChI is InChI=1S/C31H22N4/c1-19-8-12-22(13-9-19)24-16-25(21-6-4-3-5-7-21)29-28(23-14-10-20(2)11-15-23)27(18-33)31(34)35-30(29)26(24)17-32/h3-16H,1-2H3,(H2,34,35). The third kappa shape index (κ3) is 3.78. The molecule has 1 heterocycles. The summed E-state index contributed by atoms with van der Waals surface area (Å²) in [4.78, 5) is 4.64. The van der Waals surface area contributed by atoms with Crippen LogP contribution in [0.3, 0.4) is 0 Å². The molecular formula is C31H22N4. The van der Waals surface area contributed by atoms with Crippen molar-refractivity contribution in [2.45, 2.75) is 13.8 Å². The molecule has 4 aromatic carbocycles. The minimum absolute atomic E-state index is 0.118. The summed E-state index contributed by atoms with van der Waals surface area (Å²) in [5, 5.41) is 21.1. The van der Waals surface area contributed by atoms with Gasteiger partial charge in [-0.15, -0.1) is 0 Å². The van der Waals surface area contributed by atoms with Crippen molar-refractivity contribution in [3.05, 3.63) is 107 Å². The normalized spacial score (nSPS) is 10.6. The number of fused-ring (bicyclic) bond motifs is 1. The Morgan fingerprint density at radius 1 is 0.657 bits per heavy atom. The quantitative estimate of drug-likeness (QED) is 0.315. The molecule has 166 valence electrons. The van der Waals surface area contributed by atoms with Gasteiger partial charge >= 0.3 is 0 Å². The van der Waals surface area contributed by atoms with Crippen LogP contribution in [-0.4, -0.2) is 4.98 Å². The van der Waals surface area contributed by atoms with Gasteiger partial charge in [-0.05, 0) is 42.2 Å². The van der Waals surface area contributed by atoms with E-state index in [9.17, 15) is 10.5 Å². The van der Waals surface area contributed by atoms with Crippen molar-refractivity contribution in [3.63, 3.8) is 0 Å². The Morgan fingerprint density at radius 2 is 1.20 bits per heavy atom. The topological polar surface area (TPSA) is 86.5 Å². The number of pyridine rings is 1. The fourth-order valence-corrected chi connectivity index (χ4v) is 4.50. The molecule has 0 atom stereocenters. The third-order valence-electron chi connectivity index (χ3n) is 6.30. The third-order valence-corrected chi connectivity index (χ3v) is 6.30. The molecule has 4 heteroatoms. The molecule has 5 rings (SSSR count). The lowest BCUT2D eigenvalue weighted by atomic mass is 9.85. The number of nitriles is 2. The average molecular weight is 451 g/mol. The first kappa shape index (κ1) is 21.9. The number of nitrogen functional groups attached to an aromatic ring is 1. The maximum Gasteiger partial charge on any atom is 0.142 e. The Bertz CT molecular complexity index is 1650. The Hall–Kier alpha value is -4.93. The fourth-order valence-electron chi connectivity index (χ4n) is 4.50. The molecule has 0 unspecified atom stereocenters. The van der Waals surface area contributed by atoms with Crippen molar-refractivity contribution in [1.82, 2.24) is 4.98 Å². The number of hydrogen-bond donors (Lipinski definition) is 1. The molecule has 0 saturated heterocycles. The Labute approximate surface area is 204 Å². The second-order valence-corrected chi connectivity index (χ2v) is 8.64. The summed E-state index contributed by atoms with van der Waals surface area (Å²) in [6.07, 6.45) is 0. The van der Waals surface area contributed by atoms with Gasteiger partial charge in [0.2, 0.25) is 0 Å². The second kappa shape index (κ2) is 8.78. The lowest BCUT2D eigenvalue weighted by Crippen LogP contribution is -2.03. The summed E-state index contributed by atoms with van der Waals surface area (Å²) in [6, 6.07) is 32.7. The Morgan fingerprint density at radius 3 is 1.77 bits per heavy atom. The highest BCUT2D eigenvalue weighted by Crippen LogP contribution is 2.44. The number of anilines is 1. The van der Waals surface area contributed by atoms with Gasteiger partial charge in [-0.3, -0.25) is 0 Å². The van der Waals surface area contributed by atoms with Crippen molar-refractivity contribution in [2.24, 2.45) is 0 Å². The van der Waals surface area contributed by atoms with Crippen LogP contribution in [0.1, 0.15) is 22.3 Å². The predicted octanol–water partition coefficient (Wildman–Crippen LogP) is 7.18. The largest absolute Gasteiger partial charge is 0.383 e. The number of nitrogens with zero attached hydrogens (tertiary/aromatic N) is 3. The minimum Gasteiger partial charge on any atom is -0.383 e. The Balaban J connectivity index is 2.01. The number of benzene rings is 4. The van der Waals surface area contributed by atoms with Crippen LogP contribution in [0.4, 0.5) is 5.82 Å². The van der Waals surface area contributed by atoms with E-state index in [2.05, 4.69) is 17.1 Å². The molecule has 1 aromatic heterocycles. The maximum absolute atomic E-state index is 10.3. The van der Waals surface area contributed by atoms with Crippen LogP contribution < -0.4 is 5.73 Å². The zero-order valence-corrected chi connectivity index (χ0v) is 19.5. The number of hydrogen-bond acceptors (Lipinski definition) is 4. The van der Waals surface area contributed by atoms with Gasteiger partial charge in [0.05, 0.1) is 11.1 Å². The zero-order valence-electron chi connectivity index (χ0n) is 19.5. The molecule has 0 saturated carbocycles. The number of aromatic nitrogens is 1. The smallest absolute Gasteiger partial charge is 0.142 e. The summed E-state index contributed by atoms with van der Waals surface area (Å²) < 4.78 is 0. The van der Waals surface area contributed by atoms with Crippen molar-refractivity contribution in [3.8, 4) is 45.5 Å². The van der Waals surface area contributed by atoms with E-state index in [-0.39, 0.29) is 5.82 Å². The van der Waals surface area contributed by atoms with Gasteiger partial charge in [-0.1, -0.05) is 90.0 Å². The molecular weight excluding hydrogens is 428 g/mol. The van der Waals surface area contributed by atoms with E-state index >= 15 is 0 Å². The second-order valence-electron chi connectivity index (χ2n) is 8.64. The first-order chi connectivity index (χ1) is 17.0. The van der Waals surface area contributed by atoms with E-state index in [0.717, 1.165) is 44.3 Å². The van der Waals surface area contributed by atoms with E-state index in [4.69, 9.17) is 5.73 Å². The highest BCUT2D eigenvalue weighted by molar-refractivity contribution is 6.12.